The van der Waals surface area contributed by atoms with Gasteiger partial charge in [-0.2, -0.15) is 0 Å². The van der Waals surface area contributed by atoms with E-state index < -0.39 is 22.2 Å². The van der Waals surface area contributed by atoms with E-state index in [1.54, 1.807) is 0 Å². The highest BCUT2D eigenvalue weighted by atomic mass is 28.4. The Morgan fingerprint density at radius 3 is 1.98 bits per heavy atom. The summed E-state index contributed by atoms with van der Waals surface area (Å²) in [6.45, 7) is 21.4. The van der Waals surface area contributed by atoms with Crippen molar-refractivity contribution in [3.63, 3.8) is 0 Å². The van der Waals surface area contributed by atoms with Crippen molar-refractivity contribution in [2.24, 2.45) is 0 Å². The summed E-state index contributed by atoms with van der Waals surface area (Å²) in [5.41, 5.74) is -0.459. The number of hydrogen-bond donors (Lipinski definition) is 0. The summed E-state index contributed by atoms with van der Waals surface area (Å²) in [6.07, 6.45) is 5.04. The van der Waals surface area contributed by atoms with E-state index in [0.717, 1.165) is 38.5 Å². The number of benzene rings is 2. The van der Waals surface area contributed by atoms with Gasteiger partial charge < -0.3 is 18.3 Å². The van der Waals surface area contributed by atoms with Crippen LogP contribution < -0.4 is 10.4 Å². The van der Waals surface area contributed by atoms with E-state index in [2.05, 4.69) is 122 Å². The quantitative estimate of drug-likeness (QED) is 0.162. The summed E-state index contributed by atoms with van der Waals surface area (Å²) in [6, 6.07) is 21.7. The van der Waals surface area contributed by atoms with E-state index in [-0.39, 0.29) is 34.4 Å². The molecule has 7 heteroatoms. The van der Waals surface area contributed by atoms with Crippen LogP contribution in [-0.4, -0.2) is 53.1 Å². The van der Waals surface area contributed by atoms with Crippen molar-refractivity contribution in [1.82, 2.24) is 0 Å². The van der Waals surface area contributed by atoms with E-state index in [1.807, 2.05) is 0 Å². The van der Waals surface area contributed by atoms with Gasteiger partial charge in [-0.05, 0) is 79.0 Å². The standard InChI is InChI=1S/C36H56O5Si2/c1-34(2,3)42(8,9)41-36(7)26-25-31-30(22-16-24-33(37)40-31)39-32(36)23-17-27-38-43(35(4,5)6,28-18-12-10-13-19-28)29-20-14-11-15-21-29/h10-15,18-21,30-32H,16-17,22-27H2,1-9H3/t30-,31+,32+,36?/m0/s1. The fraction of sp³-hybridized carbons (Fsp3) is 0.639. The molecular formula is C36H56O5Si2. The number of carbonyl (C=O) groups excluding carboxylic acids is 1. The van der Waals surface area contributed by atoms with Gasteiger partial charge >= 0.3 is 5.97 Å². The van der Waals surface area contributed by atoms with Crippen molar-refractivity contribution in [1.29, 1.82) is 0 Å². The van der Waals surface area contributed by atoms with Crippen LogP contribution in [0.5, 0.6) is 0 Å². The first-order valence-corrected chi connectivity index (χ1v) is 21.2. The van der Waals surface area contributed by atoms with Gasteiger partial charge in [0.2, 0.25) is 0 Å². The molecular weight excluding hydrogens is 569 g/mol. The molecule has 0 aromatic heterocycles. The molecule has 43 heavy (non-hydrogen) atoms. The molecule has 2 fully saturated rings. The Kier molecular flexibility index (Phi) is 10.5. The van der Waals surface area contributed by atoms with Crippen molar-refractivity contribution < 1.29 is 23.1 Å². The van der Waals surface area contributed by atoms with Crippen LogP contribution in [0.1, 0.15) is 93.4 Å². The average Bonchev–Trinajstić information content (AvgIpc) is 3.17. The van der Waals surface area contributed by atoms with E-state index in [4.69, 9.17) is 18.3 Å². The highest BCUT2D eigenvalue weighted by Crippen LogP contribution is 2.45. The molecule has 0 spiro atoms. The third-order valence-electron chi connectivity index (χ3n) is 10.2. The molecule has 0 aliphatic carbocycles. The highest BCUT2D eigenvalue weighted by Gasteiger charge is 2.51. The van der Waals surface area contributed by atoms with Gasteiger partial charge in [0, 0.05) is 13.0 Å². The fourth-order valence-corrected chi connectivity index (χ4v) is 13.1. The zero-order valence-corrected chi connectivity index (χ0v) is 30.2. The van der Waals surface area contributed by atoms with Gasteiger partial charge in [0.25, 0.3) is 8.32 Å². The minimum atomic E-state index is -2.61. The minimum absolute atomic E-state index is 0.0636. The van der Waals surface area contributed by atoms with E-state index in [9.17, 15) is 4.79 Å². The first-order valence-electron chi connectivity index (χ1n) is 16.4. The SMILES string of the molecule is CC1(O[Si](C)(C)C(C)(C)C)CC[C@H]2OC(=O)CCC[C@@H]2O[C@@H]1CCCO[Si](c1ccccc1)(c1ccccc1)C(C)(C)C. The van der Waals surface area contributed by atoms with Crippen LogP contribution in [0.2, 0.25) is 23.2 Å². The predicted octanol–water partition coefficient (Wildman–Crippen LogP) is 7.77. The zero-order valence-electron chi connectivity index (χ0n) is 28.2. The Labute approximate surface area is 263 Å². The molecule has 2 aromatic carbocycles. The number of rotatable bonds is 9. The second kappa shape index (κ2) is 13.3. The van der Waals surface area contributed by atoms with Crippen molar-refractivity contribution in [3.05, 3.63) is 60.7 Å². The van der Waals surface area contributed by atoms with Crippen molar-refractivity contribution in [2.45, 2.75) is 140 Å². The fourth-order valence-electron chi connectivity index (χ4n) is 6.76. The monoisotopic (exact) mass is 624 g/mol. The Balaban J connectivity index is 1.60. The predicted molar refractivity (Wildman–Crippen MR) is 181 cm³/mol. The molecule has 0 bridgehead atoms. The number of carbonyl (C=O) groups is 1. The topological polar surface area (TPSA) is 54.0 Å². The first kappa shape index (κ1) is 34.1. The van der Waals surface area contributed by atoms with Gasteiger partial charge in [-0.1, -0.05) is 102 Å². The highest BCUT2D eigenvalue weighted by molar-refractivity contribution is 6.99. The second-order valence-electron chi connectivity index (χ2n) is 15.5. The van der Waals surface area contributed by atoms with Crippen LogP contribution in [0.25, 0.3) is 0 Å². The summed E-state index contributed by atoms with van der Waals surface area (Å²) >= 11 is 0. The lowest BCUT2D eigenvalue weighted by Gasteiger charge is -2.47. The van der Waals surface area contributed by atoms with Crippen molar-refractivity contribution in [3.8, 4) is 0 Å². The van der Waals surface area contributed by atoms with E-state index >= 15 is 0 Å². The Hall–Kier alpha value is -1.78. The van der Waals surface area contributed by atoms with E-state index in [0.29, 0.717) is 13.0 Å². The molecule has 4 rings (SSSR count). The van der Waals surface area contributed by atoms with Gasteiger partial charge in [-0.15, -0.1) is 0 Å². The van der Waals surface area contributed by atoms with Crippen LogP contribution in [-0.2, 0) is 23.1 Å². The lowest BCUT2D eigenvalue weighted by atomic mass is 9.90. The maximum absolute atomic E-state index is 12.4. The number of fused-ring (bicyclic) bond motifs is 1. The zero-order chi connectivity index (χ0) is 31.5. The van der Waals surface area contributed by atoms with E-state index in [1.165, 1.54) is 10.4 Å². The normalized spacial score (nSPS) is 25.8. The summed E-state index contributed by atoms with van der Waals surface area (Å²) in [5.74, 6) is -0.0970. The van der Waals surface area contributed by atoms with Gasteiger partial charge in [-0.25, -0.2) is 0 Å². The smallest absolute Gasteiger partial charge is 0.306 e. The third-order valence-corrected chi connectivity index (χ3v) is 19.8. The van der Waals surface area contributed by atoms with Crippen LogP contribution in [0.4, 0.5) is 0 Å². The molecule has 2 aliphatic heterocycles. The molecule has 0 amide bonds. The maximum atomic E-state index is 12.4. The lowest BCUT2D eigenvalue weighted by molar-refractivity contribution is -0.159. The number of ether oxygens (including phenoxy) is 2. The molecule has 0 radical (unpaired) electrons. The third kappa shape index (κ3) is 7.55. The Bertz CT molecular complexity index is 1150. The van der Waals surface area contributed by atoms with Gasteiger partial charge in [0.15, 0.2) is 8.32 Å². The second-order valence-corrected chi connectivity index (χ2v) is 24.5. The molecule has 2 heterocycles. The summed E-state index contributed by atoms with van der Waals surface area (Å²) in [4.78, 5) is 12.4. The molecule has 0 N–H and O–H groups in total. The van der Waals surface area contributed by atoms with Crippen LogP contribution >= 0.6 is 0 Å². The van der Waals surface area contributed by atoms with Gasteiger partial charge in [0.1, 0.15) is 6.10 Å². The first-order chi connectivity index (χ1) is 20.1. The molecule has 238 valence electrons. The maximum Gasteiger partial charge on any atom is 0.306 e. The number of esters is 1. The molecule has 2 aromatic rings. The lowest BCUT2D eigenvalue weighted by Crippen LogP contribution is -2.66. The largest absolute Gasteiger partial charge is 0.460 e. The van der Waals surface area contributed by atoms with Crippen molar-refractivity contribution >= 4 is 33.0 Å². The molecule has 0 saturated carbocycles. The van der Waals surface area contributed by atoms with Crippen molar-refractivity contribution in [2.75, 3.05) is 6.61 Å². The molecule has 4 atom stereocenters. The minimum Gasteiger partial charge on any atom is -0.460 e. The summed E-state index contributed by atoms with van der Waals surface area (Å²) in [5, 5.41) is 2.62. The van der Waals surface area contributed by atoms with Gasteiger partial charge in [-0.3, -0.25) is 4.79 Å². The van der Waals surface area contributed by atoms with Crippen LogP contribution in [0.15, 0.2) is 60.7 Å². The average molecular weight is 625 g/mol. The van der Waals surface area contributed by atoms with Gasteiger partial charge in [0.05, 0.1) is 17.8 Å². The Morgan fingerprint density at radius 1 is 0.860 bits per heavy atom. The molecule has 2 aliphatic rings. The molecule has 1 unspecified atom stereocenters. The Morgan fingerprint density at radius 2 is 1.44 bits per heavy atom. The number of hydrogen-bond acceptors (Lipinski definition) is 5. The van der Waals surface area contributed by atoms with Crippen LogP contribution in [0, 0.1) is 0 Å². The summed E-state index contributed by atoms with van der Waals surface area (Å²) in [7, 11) is -4.71. The summed E-state index contributed by atoms with van der Waals surface area (Å²) < 4.78 is 27.3. The van der Waals surface area contributed by atoms with Crippen LogP contribution in [0.3, 0.4) is 0 Å². The molecule has 5 nitrogen and oxygen atoms in total. The molecule has 2 saturated heterocycles.